The minimum atomic E-state index is -0.166. The van der Waals surface area contributed by atoms with E-state index in [2.05, 4.69) is 170 Å². The first-order chi connectivity index (χ1) is 31.9. The third-order valence-electron chi connectivity index (χ3n) is 14.1. The van der Waals surface area contributed by atoms with E-state index in [0.29, 0.717) is 21.9 Å². The SMILES string of the molecule is Bc1c(O)c(O)c(B)c2c1c1c3c4c(B)c(O)c(O)c(B)c4n(-c4cccc(-c5ccc(-c6ccccc6)cc5)c4)c3c(B)c(B)c1n2-c1cccc(-c2ccc(-c3ccccc3)cc2)c1. The zero-order valence-electron chi connectivity index (χ0n) is 37.7. The molecule has 310 valence electrons. The van der Waals surface area contributed by atoms with Gasteiger partial charge in [-0.2, -0.15) is 0 Å². The molecule has 0 fully saturated rings. The summed E-state index contributed by atoms with van der Waals surface area (Å²) in [4.78, 5) is 0. The summed E-state index contributed by atoms with van der Waals surface area (Å²) >= 11 is 0. The minimum Gasteiger partial charge on any atom is -0.505 e. The average molecular weight is 848 g/mol. The molecule has 0 radical (unpaired) electrons. The van der Waals surface area contributed by atoms with Crippen LogP contribution in [0.3, 0.4) is 0 Å². The third kappa shape index (κ3) is 6.05. The molecule has 11 aromatic rings. The Labute approximate surface area is 387 Å². The van der Waals surface area contributed by atoms with Crippen molar-refractivity contribution in [3.05, 3.63) is 158 Å². The number of nitrogens with zero attached hydrogens (tertiary/aromatic N) is 2. The summed E-state index contributed by atoms with van der Waals surface area (Å²) in [6, 6.07) is 54.9. The van der Waals surface area contributed by atoms with E-state index in [4.69, 9.17) is 0 Å². The molecule has 0 aliphatic heterocycles. The van der Waals surface area contributed by atoms with Crippen LogP contribution < -0.4 is 32.8 Å². The Morgan fingerprint density at radius 3 is 0.879 bits per heavy atom. The molecule has 0 bridgehead atoms. The molecule has 11 rings (SSSR count). The number of benzene rings is 9. The van der Waals surface area contributed by atoms with E-state index in [1.807, 2.05) is 43.5 Å². The zero-order chi connectivity index (χ0) is 45.7. The number of aromatic hydroxyl groups is 4. The van der Waals surface area contributed by atoms with E-state index in [-0.39, 0.29) is 23.0 Å². The Balaban J connectivity index is 1.21. The summed E-state index contributed by atoms with van der Waals surface area (Å²) in [6.45, 7) is 0. The molecule has 2 aromatic heterocycles. The number of hydrogen-bond donors (Lipinski definition) is 4. The Bertz CT molecular complexity index is 3550. The van der Waals surface area contributed by atoms with Crippen LogP contribution in [-0.4, -0.2) is 76.6 Å². The van der Waals surface area contributed by atoms with Gasteiger partial charge in [-0.15, -0.1) is 0 Å². The third-order valence-corrected chi connectivity index (χ3v) is 14.1. The summed E-state index contributed by atoms with van der Waals surface area (Å²) in [5.41, 5.74) is 18.3. The lowest BCUT2D eigenvalue weighted by Crippen LogP contribution is -2.30. The van der Waals surface area contributed by atoms with E-state index in [1.54, 1.807) is 0 Å². The van der Waals surface area contributed by atoms with E-state index in [9.17, 15) is 20.4 Å². The molecule has 12 heteroatoms. The lowest BCUT2D eigenvalue weighted by Gasteiger charge is -2.17. The molecule has 2 heterocycles. The maximum Gasteiger partial charge on any atom is 0.152 e. The summed E-state index contributed by atoms with van der Waals surface area (Å²) in [7, 11) is 11.7. The number of phenols is 4. The van der Waals surface area contributed by atoms with Crippen LogP contribution in [0.1, 0.15) is 0 Å². The van der Waals surface area contributed by atoms with Crippen molar-refractivity contribution >= 4 is 123 Å². The van der Waals surface area contributed by atoms with Crippen molar-refractivity contribution < 1.29 is 20.4 Å². The van der Waals surface area contributed by atoms with Crippen molar-refractivity contribution in [2.75, 3.05) is 0 Å². The fourth-order valence-corrected chi connectivity index (χ4v) is 10.4. The van der Waals surface area contributed by atoms with Crippen LogP contribution in [0.25, 0.3) is 99.5 Å². The molecule has 0 saturated carbocycles. The van der Waals surface area contributed by atoms with Crippen molar-refractivity contribution in [2.24, 2.45) is 0 Å². The smallest absolute Gasteiger partial charge is 0.152 e. The van der Waals surface area contributed by atoms with Gasteiger partial charge in [0.15, 0.2) is 23.0 Å². The van der Waals surface area contributed by atoms with Gasteiger partial charge in [0.1, 0.15) is 47.1 Å². The van der Waals surface area contributed by atoms with Gasteiger partial charge >= 0.3 is 0 Å². The number of fused-ring (bicyclic) bond motifs is 7. The fraction of sp³-hybridized carbons (Fsp3) is 0. The van der Waals surface area contributed by atoms with E-state index in [0.717, 1.165) is 110 Å². The second-order valence-electron chi connectivity index (χ2n) is 17.7. The molecule has 0 spiro atoms. The van der Waals surface area contributed by atoms with Crippen LogP contribution in [0.15, 0.2) is 158 Å². The van der Waals surface area contributed by atoms with Gasteiger partial charge in [-0.1, -0.05) is 144 Å². The Morgan fingerprint density at radius 1 is 0.258 bits per heavy atom. The van der Waals surface area contributed by atoms with Gasteiger partial charge in [-0.25, -0.2) is 0 Å². The van der Waals surface area contributed by atoms with E-state index < -0.39 is 0 Å². The van der Waals surface area contributed by atoms with Crippen LogP contribution in [0, 0.1) is 0 Å². The van der Waals surface area contributed by atoms with Crippen LogP contribution in [-0.2, 0) is 0 Å². The number of rotatable bonds is 6. The highest BCUT2D eigenvalue weighted by Crippen LogP contribution is 2.43. The summed E-state index contributed by atoms with van der Waals surface area (Å²) in [6.07, 6.45) is 0. The predicted octanol–water partition coefficient (Wildman–Crippen LogP) is 2.92. The Morgan fingerprint density at radius 2 is 0.530 bits per heavy atom. The molecular weight excluding hydrogens is 805 g/mol. The minimum absolute atomic E-state index is 0.159. The lowest BCUT2D eigenvalue weighted by molar-refractivity contribution is 0.410. The van der Waals surface area contributed by atoms with E-state index in [1.165, 1.54) is 0 Å². The summed E-state index contributed by atoms with van der Waals surface area (Å²) in [5, 5.41) is 50.0. The molecule has 66 heavy (non-hydrogen) atoms. The van der Waals surface area contributed by atoms with Gasteiger partial charge < -0.3 is 29.6 Å². The molecule has 0 aliphatic rings. The first-order valence-electron chi connectivity index (χ1n) is 22.3. The first-order valence-corrected chi connectivity index (χ1v) is 22.3. The second kappa shape index (κ2) is 15.4. The van der Waals surface area contributed by atoms with Crippen LogP contribution in [0.5, 0.6) is 23.0 Å². The van der Waals surface area contributed by atoms with Gasteiger partial charge in [-0.05, 0) is 90.6 Å². The standard InChI is InChI=1S/C54H42B6N2O4/c55-41-39-37-38-40-42(56)52(64)54(66)46(60)50(40)62(36-16-8-14-34(26-36)32-23-19-30(20-24-32)28-11-5-2-6-12-28)48(38)44(58)43(57)47(37)61(49(39)45(59)53(65)51(41)63)35-15-7-13-33(25-35)31-21-17-29(18-22-31)27-9-3-1-4-10-27/h1-26,63-66H,55-60H2. The summed E-state index contributed by atoms with van der Waals surface area (Å²) < 4.78 is 4.47. The topological polar surface area (TPSA) is 90.8 Å². The molecule has 0 saturated heterocycles. The van der Waals surface area contributed by atoms with Crippen molar-refractivity contribution in [2.45, 2.75) is 0 Å². The van der Waals surface area contributed by atoms with Crippen LogP contribution in [0.2, 0.25) is 0 Å². The average Bonchev–Trinajstić information content (AvgIpc) is 3.91. The normalized spacial score (nSPS) is 11.6. The molecule has 0 amide bonds. The van der Waals surface area contributed by atoms with Gasteiger partial charge in [0.2, 0.25) is 0 Å². The molecule has 0 atom stereocenters. The van der Waals surface area contributed by atoms with Crippen LogP contribution >= 0.6 is 0 Å². The molecule has 0 unspecified atom stereocenters. The number of aromatic nitrogens is 2. The fourth-order valence-electron chi connectivity index (χ4n) is 10.4. The van der Waals surface area contributed by atoms with Crippen molar-refractivity contribution in [3.63, 3.8) is 0 Å². The molecule has 0 aliphatic carbocycles. The lowest BCUT2D eigenvalue weighted by atomic mass is 9.75. The maximum absolute atomic E-state index is 11.7. The molecule has 4 N–H and O–H groups in total. The van der Waals surface area contributed by atoms with Gasteiger partial charge in [0.05, 0.1) is 11.0 Å². The monoisotopic (exact) mass is 848 g/mol. The van der Waals surface area contributed by atoms with Crippen LogP contribution in [0.4, 0.5) is 0 Å². The largest absolute Gasteiger partial charge is 0.505 e. The highest BCUT2D eigenvalue weighted by atomic mass is 16.3. The van der Waals surface area contributed by atoms with Crippen molar-refractivity contribution in [3.8, 4) is 78.9 Å². The van der Waals surface area contributed by atoms with E-state index >= 15 is 0 Å². The summed E-state index contributed by atoms with van der Waals surface area (Å²) in [5.74, 6) is -0.650. The first kappa shape index (κ1) is 40.9. The van der Waals surface area contributed by atoms with Gasteiger partial charge in [0.25, 0.3) is 0 Å². The Hall–Kier alpha value is -7.83. The maximum atomic E-state index is 11.7. The Kier molecular flexibility index (Phi) is 9.56. The highest BCUT2D eigenvalue weighted by molar-refractivity contribution is 6.63. The van der Waals surface area contributed by atoms with Crippen molar-refractivity contribution in [1.29, 1.82) is 0 Å². The number of phenolic OH excluding ortho intramolecular Hbond substituents is 4. The quantitative estimate of drug-likeness (QED) is 0.153. The van der Waals surface area contributed by atoms with Gasteiger partial charge in [0, 0.05) is 44.0 Å². The zero-order valence-corrected chi connectivity index (χ0v) is 37.7. The molecular formula is C54H42B6N2O4. The molecule has 9 aromatic carbocycles. The number of hydrogen-bond acceptors (Lipinski definition) is 4. The molecule has 6 nitrogen and oxygen atoms in total. The predicted molar refractivity (Wildman–Crippen MR) is 293 cm³/mol. The highest BCUT2D eigenvalue weighted by Gasteiger charge is 2.30. The second-order valence-corrected chi connectivity index (χ2v) is 17.7. The van der Waals surface area contributed by atoms with Crippen molar-refractivity contribution in [1.82, 2.24) is 9.13 Å². The van der Waals surface area contributed by atoms with Gasteiger partial charge in [-0.3, -0.25) is 0 Å².